The summed E-state index contributed by atoms with van der Waals surface area (Å²) in [4.78, 5) is 24.5. The minimum absolute atomic E-state index is 0.357. The minimum atomic E-state index is -0.853. The number of halogens is 1. The lowest BCUT2D eigenvalue weighted by Crippen LogP contribution is -2.38. The molecule has 1 heterocycles. The zero-order chi connectivity index (χ0) is 16.6. The number of hydrogen-bond donors (Lipinski definition) is 1. The molecule has 0 radical (unpaired) electrons. The van der Waals surface area contributed by atoms with Gasteiger partial charge in [0, 0.05) is 6.42 Å². The summed E-state index contributed by atoms with van der Waals surface area (Å²) >= 11 is 6.21. The average Bonchev–Trinajstić information content (AvgIpc) is 2.50. The third kappa shape index (κ3) is 3.08. The number of cyclic esters (lactones) is 1. The average molecular weight is 330 g/mol. The van der Waals surface area contributed by atoms with Crippen LogP contribution in [-0.4, -0.2) is 18.0 Å². The van der Waals surface area contributed by atoms with Crippen molar-refractivity contribution in [2.24, 2.45) is 0 Å². The number of carbonyl (C=O) groups is 2. The van der Waals surface area contributed by atoms with Gasteiger partial charge in [-0.05, 0) is 42.7 Å². The molecule has 1 amide bonds. The summed E-state index contributed by atoms with van der Waals surface area (Å²) < 4.78 is 5.26. The molecule has 0 unspecified atom stereocenters. The number of fused-ring (bicyclic) bond motifs is 1. The highest BCUT2D eigenvalue weighted by Gasteiger charge is 2.31. The molecule has 4 nitrogen and oxygen atoms in total. The van der Waals surface area contributed by atoms with Gasteiger partial charge in [0.05, 0.1) is 16.3 Å². The Bertz CT molecular complexity index is 778. The van der Waals surface area contributed by atoms with Crippen LogP contribution in [0.2, 0.25) is 5.02 Å². The van der Waals surface area contributed by atoms with Gasteiger partial charge >= 0.3 is 5.97 Å². The van der Waals surface area contributed by atoms with Crippen molar-refractivity contribution < 1.29 is 14.3 Å². The minimum Gasteiger partial charge on any atom is -0.448 e. The molecule has 0 spiro atoms. The zero-order valence-electron chi connectivity index (χ0n) is 12.9. The number of ether oxygens (including phenoxy) is 1. The molecule has 0 aliphatic carbocycles. The summed E-state index contributed by atoms with van der Waals surface area (Å²) in [6.45, 7) is 3.81. The number of hydrogen-bond acceptors (Lipinski definition) is 3. The number of anilines is 1. The molecule has 0 bridgehead atoms. The number of benzene rings is 2. The van der Waals surface area contributed by atoms with Crippen molar-refractivity contribution in [3.05, 3.63) is 63.7 Å². The van der Waals surface area contributed by atoms with Crippen LogP contribution in [0.3, 0.4) is 0 Å². The fourth-order valence-electron chi connectivity index (χ4n) is 2.76. The summed E-state index contributed by atoms with van der Waals surface area (Å²) in [5.74, 6) is -0.847. The number of aryl methyl sites for hydroxylation is 2. The fraction of sp³-hybridized carbons (Fsp3) is 0.222. The van der Waals surface area contributed by atoms with Crippen molar-refractivity contribution in [2.75, 3.05) is 5.32 Å². The van der Waals surface area contributed by atoms with Gasteiger partial charge in [-0.15, -0.1) is 0 Å². The monoisotopic (exact) mass is 329 g/mol. The largest absolute Gasteiger partial charge is 0.448 e. The van der Waals surface area contributed by atoms with Gasteiger partial charge in [-0.25, -0.2) is 4.79 Å². The molecule has 1 N–H and O–H groups in total. The maximum absolute atomic E-state index is 12.5. The summed E-state index contributed by atoms with van der Waals surface area (Å²) in [5.41, 5.74) is 3.77. The van der Waals surface area contributed by atoms with E-state index < -0.39 is 12.1 Å². The van der Waals surface area contributed by atoms with Gasteiger partial charge in [-0.1, -0.05) is 35.9 Å². The molecule has 3 rings (SSSR count). The summed E-state index contributed by atoms with van der Waals surface area (Å²) in [6.07, 6.45) is -0.495. The van der Waals surface area contributed by atoms with E-state index in [1.807, 2.05) is 32.0 Å². The van der Waals surface area contributed by atoms with Gasteiger partial charge in [0.2, 0.25) is 0 Å². The van der Waals surface area contributed by atoms with Crippen LogP contribution in [0.25, 0.3) is 0 Å². The van der Waals surface area contributed by atoms with Crippen molar-refractivity contribution in [3.63, 3.8) is 0 Å². The summed E-state index contributed by atoms with van der Waals surface area (Å²) in [7, 11) is 0. The van der Waals surface area contributed by atoms with Crippen LogP contribution in [-0.2, 0) is 16.0 Å². The molecule has 118 valence electrons. The van der Waals surface area contributed by atoms with E-state index in [9.17, 15) is 9.59 Å². The number of carbonyl (C=O) groups excluding carboxylic acids is 2. The first-order valence-electron chi connectivity index (χ1n) is 7.32. The third-order valence-electron chi connectivity index (χ3n) is 3.86. The smallest absolute Gasteiger partial charge is 0.339 e. The number of esters is 1. The molecule has 0 aromatic heterocycles. The maximum Gasteiger partial charge on any atom is 0.339 e. The van der Waals surface area contributed by atoms with E-state index in [1.54, 1.807) is 18.2 Å². The van der Waals surface area contributed by atoms with E-state index >= 15 is 0 Å². The van der Waals surface area contributed by atoms with Gasteiger partial charge < -0.3 is 10.1 Å². The Morgan fingerprint density at radius 2 is 2.00 bits per heavy atom. The van der Waals surface area contributed by atoms with Gasteiger partial charge in [-0.2, -0.15) is 0 Å². The highest BCUT2D eigenvalue weighted by molar-refractivity contribution is 6.34. The first kappa shape index (κ1) is 15.6. The number of nitrogens with one attached hydrogen (secondary N) is 1. The summed E-state index contributed by atoms with van der Waals surface area (Å²) in [6, 6.07) is 10.9. The lowest BCUT2D eigenvalue weighted by molar-refractivity contribution is -0.125. The third-order valence-corrected chi connectivity index (χ3v) is 4.16. The second-order valence-electron chi connectivity index (χ2n) is 5.68. The Morgan fingerprint density at radius 1 is 1.26 bits per heavy atom. The van der Waals surface area contributed by atoms with E-state index in [2.05, 4.69) is 5.32 Å². The van der Waals surface area contributed by atoms with Crippen LogP contribution in [0.1, 0.15) is 27.0 Å². The van der Waals surface area contributed by atoms with E-state index in [0.29, 0.717) is 22.7 Å². The molecule has 0 saturated carbocycles. The van der Waals surface area contributed by atoms with Crippen LogP contribution in [0.15, 0.2) is 36.4 Å². The van der Waals surface area contributed by atoms with E-state index in [-0.39, 0.29) is 5.91 Å². The van der Waals surface area contributed by atoms with E-state index in [4.69, 9.17) is 16.3 Å². The van der Waals surface area contributed by atoms with E-state index in [1.165, 1.54) is 0 Å². The number of rotatable bonds is 2. The quantitative estimate of drug-likeness (QED) is 0.855. The highest BCUT2D eigenvalue weighted by Crippen LogP contribution is 2.28. The Labute approximate surface area is 139 Å². The van der Waals surface area contributed by atoms with Crippen LogP contribution < -0.4 is 5.32 Å². The Balaban J connectivity index is 1.82. The Kier molecular flexibility index (Phi) is 4.09. The second-order valence-corrected chi connectivity index (χ2v) is 6.09. The SMILES string of the molecule is Cc1cc(C)c(NC(=O)[C@H]2Cc3ccccc3C(=O)O2)c(Cl)c1. The predicted octanol–water partition coefficient (Wildman–Crippen LogP) is 3.68. The lowest BCUT2D eigenvalue weighted by Gasteiger charge is -2.24. The first-order chi connectivity index (χ1) is 11.0. The van der Waals surface area contributed by atoms with Crippen LogP contribution >= 0.6 is 11.6 Å². The van der Waals surface area contributed by atoms with E-state index in [0.717, 1.165) is 16.7 Å². The first-order valence-corrected chi connectivity index (χ1v) is 7.70. The van der Waals surface area contributed by atoms with Gasteiger partial charge in [-0.3, -0.25) is 4.79 Å². The summed E-state index contributed by atoms with van der Waals surface area (Å²) in [5, 5.41) is 3.25. The Hall–Kier alpha value is -2.33. The molecule has 0 saturated heterocycles. The normalized spacial score (nSPS) is 16.5. The molecule has 2 aromatic rings. The van der Waals surface area contributed by atoms with Crippen LogP contribution in [0.5, 0.6) is 0 Å². The standard InChI is InChI=1S/C18H16ClNO3/c1-10-7-11(2)16(14(19)8-10)20-17(21)15-9-12-5-3-4-6-13(12)18(22)23-15/h3-8,15H,9H2,1-2H3,(H,20,21)/t15-/m1/s1. The molecular weight excluding hydrogens is 314 g/mol. The molecule has 1 aliphatic rings. The van der Waals surface area contributed by atoms with Crippen LogP contribution in [0, 0.1) is 13.8 Å². The lowest BCUT2D eigenvalue weighted by atomic mass is 9.98. The topological polar surface area (TPSA) is 55.4 Å². The molecule has 5 heteroatoms. The maximum atomic E-state index is 12.5. The van der Waals surface area contributed by atoms with Crippen molar-refractivity contribution in [2.45, 2.75) is 26.4 Å². The predicted molar refractivity (Wildman–Crippen MR) is 88.9 cm³/mol. The molecule has 1 aliphatic heterocycles. The fourth-order valence-corrected chi connectivity index (χ4v) is 3.12. The van der Waals surface area contributed by atoms with Gasteiger partial charge in [0.15, 0.2) is 6.10 Å². The van der Waals surface area contributed by atoms with Crippen molar-refractivity contribution in [1.82, 2.24) is 0 Å². The highest BCUT2D eigenvalue weighted by atomic mass is 35.5. The van der Waals surface area contributed by atoms with Crippen molar-refractivity contribution in [3.8, 4) is 0 Å². The van der Waals surface area contributed by atoms with Gasteiger partial charge in [0.25, 0.3) is 5.91 Å². The van der Waals surface area contributed by atoms with Crippen LogP contribution in [0.4, 0.5) is 5.69 Å². The number of amides is 1. The Morgan fingerprint density at radius 3 is 2.74 bits per heavy atom. The molecule has 0 fully saturated rings. The van der Waals surface area contributed by atoms with Gasteiger partial charge in [0.1, 0.15) is 0 Å². The second kappa shape index (κ2) is 6.05. The van der Waals surface area contributed by atoms with Crippen molar-refractivity contribution >= 4 is 29.2 Å². The molecule has 23 heavy (non-hydrogen) atoms. The zero-order valence-corrected chi connectivity index (χ0v) is 13.6. The molecular formula is C18H16ClNO3. The molecule has 1 atom stereocenters. The van der Waals surface area contributed by atoms with Crippen molar-refractivity contribution in [1.29, 1.82) is 0 Å². The molecule has 2 aromatic carbocycles.